The van der Waals surface area contributed by atoms with Gasteiger partial charge in [-0.3, -0.25) is 4.79 Å². The third-order valence-electron chi connectivity index (χ3n) is 14.0. The molecule has 274 valence electrons. The van der Waals surface area contributed by atoms with Gasteiger partial charge in [0.2, 0.25) is 0 Å². The number of ether oxygens (including phenoxy) is 1. The van der Waals surface area contributed by atoms with E-state index in [1.54, 1.807) is 5.57 Å². The summed E-state index contributed by atoms with van der Waals surface area (Å²) in [6.07, 6.45) is 36.6. The molecule has 9 atom stereocenters. The van der Waals surface area contributed by atoms with E-state index < -0.39 is 0 Å². The summed E-state index contributed by atoms with van der Waals surface area (Å²) in [7, 11) is 0. The Morgan fingerprint density at radius 3 is 2.48 bits per heavy atom. The molecule has 48 heavy (non-hydrogen) atoms. The molecule has 0 bridgehead atoms. The predicted molar refractivity (Wildman–Crippen MR) is 204 cm³/mol. The van der Waals surface area contributed by atoms with Gasteiger partial charge < -0.3 is 9.84 Å². The van der Waals surface area contributed by atoms with Gasteiger partial charge in [0.1, 0.15) is 6.10 Å². The van der Waals surface area contributed by atoms with E-state index in [0.29, 0.717) is 17.3 Å². The van der Waals surface area contributed by atoms with Crippen molar-refractivity contribution in [3.05, 3.63) is 36.0 Å². The molecule has 0 heterocycles. The van der Waals surface area contributed by atoms with Crippen molar-refractivity contribution in [2.75, 3.05) is 0 Å². The Hall–Kier alpha value is -1.35. The standard InChI is InChI=1S/C45H76O3/c1-7-8-16-22-37(46)23-17-14-12-10-9-11-13-15-18-24-43(47)48-38-29-31-44(5)36(33-38)25-26-39-41-28-27-40(35(4)21-19-20-34(2)3)45(41,6)32-30-42(39)44/h12,14,17,23,25,34-35,37-42,46H,7-11,13,15-16,18-22,24,26-33H2,1-6H3/b14-12-,23-17+/t35-,37?,38+,39+,40-,41+,42+,44+,45-/m1/s1. The number of esters is 1. The van der Waals surface area contributed by atoms with Crippen LogP contribution in [-0.4, -0.2) is 23.3 Å². The van der Waals surface area contributed by atoms with Crippen LogP contribution in [0.25, 0.3) is 0 Å². The summed E-state index contributed by atoms with van der Waals surface area (Å²) >= 11 is 0. The fraction of sp³-hybridized carbons (Fsp3) is 0.844. The highest BCUT2D eigenvalue weighted by Gasteiger charge is 2.59. The second-order valence-corrected chi connectivity index (χ2v) is 17.8. The fourth-order valence-electron chi connectivity index (χ4n) is 11.1. The molecule has 0 saturated heterocycles. The smallest absolute Gasteiger partial charge is 0.306 e. The largest absolute Gasteiger partial charge is 0.462 e. The molecule has 0 aromatic carbocycles. The average Bonchev–Trinajstić information content (AvgIpc) is 3.41. The van der Waals surface area contributed by atoms with Gasteiger partial charge in [-0.25, -0.2) is 0 Å². The lowest BCUT2D eigenvalue weighted by atomic mass is 9.47. The highest BCUT2D eigenvalue weighted by molar-refractivity contribution is 5.69. The Kier molecular flexibility index (Phi) is 15.9. The van der Waals surface area contributed by atoms with E-state index in [4.69, 9.17) is 4.74 Å². The van der Waals surface area contributed by atoms with E-state index in [0.717, 1.165) is 80.5 Å². The quantitative estimate of drug-likeness (QED) is 0.0610. The normalized spacial score (nSPS) is 33.0. The SMILES string of the molecule is CCCCCC(O)/C=C/C=C\CCCCCCCC(=O)O[C@H]1CC[C@@]2(C)C(=CC[C@H]3[C@@H]4CC[C@H]([C@H](C)CCCC(C)C)[C@@]4(C)CC[C@@H]32)C1. The van der Waals surface area contributed by atoms with Crippen molar-refractivity contribution in [3.8, 4) is 0 Å². The molecule has 4 aliphatic carbocycles. The minimum absolute atomic E-state index is 0.0254. The highest BCUT2D eigenvalue weighted by Crippen LogP contribution is 2.67. The number of fused-ring (bicyclic) bond motifs is 5. The molecule has 0 aromatic rings. The molecule has 0 aliphatic heterocycles. The summed E-state index contributed by atoms with van der Waals surface area (Å²) in [4.78, 5) is 12.8. The molecule has 1 N–H and O–H groups in total. The minimum Gasteiger partial charge on any atom is -0.462 e. The van der Waals surface area contributed by atoms with Crippen LogP contribution in [0.1, 0.15) is 183 Å². The predicted octanol–water partition coefficient (Wildman–Crippen LogP) is 12.7. The minimum atomic E-state index is -0.310. The zero-order valence-electron chi connectivity index (χ0n) is 32.3. The van der Waals surface area contributed by atoms with Gasteiger partial charge in [0, 0.05) is 12.8 Å². The summed E-state index contributed by atoms with van der Waals surface area (Å²) in [6.45, 7) is 14.8. The second-order valence-electron chi connectivity index (χ2n) is 17.8. The number of allylic oxidation sites excluding steroid dienone is 4. The van der Waals surface area contributed by atoms with Crippen LogP contribution < -0.4 is 0 Å². The molecular weight excluding hydrogens is 588 g/mol. The molecule has 0 spiro atoms. The van der Waals surface area contributed by atoms with Gasteiger partial charge in [0.15, 0.2) is 0 Å². The van der Waals surface area contributed by atoms with Crippen LogP contribution in [0.15, 0.2) is 36.0 Å². The number of unbranched alkanes of at least 4 members (excludes halogenated alkanes) is 7. The van der Waals surface area contributed by atoms with E-state index >= 15 is 0 Å². The van der Waals surface area contributed by atoms with E-state index in [1.807, 2.05) is 12.2 Å². The van der Waals surface area contributed by atoms with Crippen molar-refractivity contribution in [2.45, 2.75) is 195 Å². The molecule has 3 heteroatoms. The molecule has 4 aliphatic rings. The first-order chi connectivity index (χ1) is 23.1. The van der Waals surface area contributed by atoms with Crippen LogP contribution in [-0.2, 0) is 9.53 Å². The van der Waals surface area contributed by atoms with Crippen molar-refractivity contribution >= 4 is 5.97 Å². The van der Waals surface area contributed by atoms with Crippen molar-refractivity contribution < 1.29 is 14.6 Å². The van der Waals surface area contributed by atoms with E-state index in [1.165, 1.54) is 89.9 Å². The monoisotopic (exact) mass is 665 g/mol. The summed E-state index contributed by atoms with van der Waals surface area (Å²) in [6, 6.07) is 0. The van der Waals surface area contributed by atoms with Crippen molar-refractivity contribution in [1.29, 1.82) is 0 Å². The van der Waals surface area contributed by atoms with Crippen molar-refractivity contribution in [1.82, 2.24) is 0 Å². The number of aliphatic hydroxyl groups is 1. The molecule has 3 nitrogen and oxygen atoms in total. The van der Waals surface area contributed by atoms with Gasteiger partial charge >= 0.3 is 5.97 Å². The Morgan fingerprint density at radius 2 is 1.69 bits per heavy atom. The molecule has 1 unspecified atom stereocenters. The molecule has 3 saturated carbocycles. The topological polar surface area (TPSA) is 46.5 Å². The third-order valence-corrected chi connectivity index (χ3v) is 14.0. The number of carbonyl (C=O) groups is 1. The summed E-state index contributed by atoms with van der Waals surface area (Å²) in [5, 5.41) is 9.95. The van der Waals surface area contributed by atoms with Crippen LogP contribution >= 0.6 is 0 Å². The van der Waals surface area contributed by atoms with E-state index in [9.17, 15) is 9.90 Å². The van der Waals surface area contributed by atoms with Gasteiger partial charge in [-0.1, -0.05) is 135 Å². The maximum atomic E-state index is 12.8. The first-order valence-corrected chi connectivity index (χ1v) is 21.0. The maximum Gasteiger partial charge on any atom is 0.306 e. The van der Waals surface area contributed by atoms with Crippen LogP contribution in [0.4, 0.5) is 0 Å². The maximum absolute atomic E-state index is 12.8. The number of hydrogen-bond donors (Lipinski definition) is 1. The third kappa shape index (κ3) is 10.6. The van der Waals surface area contributed by atoms with Gasteiger partial charge in [0.25, 0.3) is 0 Å². The van der Waals surface area contributed by atoms with Crippen molar-refractivity contribution in [3.63, 3.8) is 0 Å². The Morgan fingerprint density at radius 1 is 0.896 bits per heavy atom. The lowest BCUT2D eigenvalue weighted by molar-refractivity contribution is -0.151. The summed E-state index contributed by atoms with van der Waals surface area (Å²) < 4.78 is 6.11. The van der Waals surface area contributed by atoms with Crippen LogP contribution in [0.5, 0.6) is 0 Å². The van der Waals surface area contributed by atoms with Crippen LogP contribution in [0.3, 0.4) is 0 Å². The van der Waals surface area contributed by atoms with Crippen LogP contribution in [0, 0.1) is 46.3 Å². The molecule has 0 radical (unpaired) electrons. The number of hydrogen-bond acceptors (Lipinski definition) is 3. The van der Waals surface area contributed by atoms with Crippen LogP contribution in [0.2, 0.25) is 0 Å². The zero-order valence-corrected chi connectivity index (χ0v) is 32.3. The number of carbonyl (C=O) groups excluding carboxylic acids is 1. The van der Waals surface area contributed by atoms with E-state index in [2.05, 4.69) is 59.8 Å². The highest BCUT2D eigenvalue weighted by atomic mass is 16.5. The summed E-state index contributed by atoms with van der Waals surface area (Å²) in [5.74, 6) is 5.22. The van der Waals surface area contributed by atoms with Gasteiger partial charge in [-0.2, -0.15) is 0 Å². The lowest BCUT2D eigenvalue weighted by Crippen LogP contribution is -2.51. The van der Waals surface area contributed by atoms with Gasteiger partial charge in [-0.05, 0) is 117 Å². The average molecular weight is 665 g/mol. The first-order valence-electron chi connectivity index (χ1n) is 21.0. The molecule has 3 fully saturated rings. The molecule has 4 rings (SSSR count). The molecule has 0 amide bonds. The molecular formula is C45H76O3. The summed E-state index contributed by atoms with van der Waals surface area (Å²) in [5.41, 5.74) is 2.48. The van der Waals surface area contributed by atoms with Crippen molar-refractivity contribution in [2.24, 2.45) is 46.3 Å². The van der Waals surface area contributed by atoms with E-state index in [-0.39, 0.29) is 18.2 Å². The number of aliphatic hydroxyl groups excluding tert-OH is 1. The second kappa shape index (κ2) is 19.3. The Bertz CT molecular complexity index is 1050. The molecule has 0 aromatic heterocycles. The Balaban J connectivity index is 1.13. The number of rotatable bonds is 20. The lowest BCUT2D eigenvalue weighted by Gasteiger charge is -2.58. The first kappa shape index (κ1) is 39.4. The fourth-order valence-corrected chi connectivity index (χ4v) is 11.1. The zero-order chi connectivity index (χ0) is 34.6. The van der Waals surface area contributed by atoms with Gasteiger partial charge in [-0.15, -0.1) is 0 Å². The van der Waals surface area contributed by atoms with Gasteiger partial charge in [0.05, 0.1) is 6.10 Å². The Labute approximate surface area is 297 Å².